The first-order valence-corrected chi connectivity index (χ1v) is 9.38. The van der Waals surface area contributed by atoms with Crippen LogP contribution in [0.25, 0.3) is 0 Å². The van der Waals surface area contributed by atoms with Gasteiger partial charge in [0.25, 0.3) is 5.91 Å². The number of nitrogens with two attached hydrogens (primary N) is 1. The lowest BCUT2D eigenvalue weighted by atomic mass is 9.90. The molecule has 1 unspecified atom stereocenters. The van der Waals surface area contributed by atoms with Gasteiger partial charge in [-0.2, -0.15) is 0 Å². The Balaban J connectivity index is 0.00000243. The second kappa shape index (κ2) is 8.90. The van der Waals surface area contributed by atoms with Crippen LogP contribution in [0.2, 0.25) is 0 Å². The molecule has 2 heterocycles. The van der Waals surface area contributed by atoms with Gasteiger partial charge in [-0.15, -0.1) is 22.6 Å². The zero-order valence-corrected chi connectivity index (χ0v) is 16.8. The minimum atomic E-state index is -0.169. The molecule has 0 saturated carbocycles. The molecule has 3 rings (SSSR count). The number of aromatic nitrogens is 2. The number of aryl methyl sites for hydroxylation is 1. The normalized spacial score (nSPS) is 20.0. The summed E-state index contributed by atoms with van der Waals surface area (Å²) in [5.41, 5.74) is 8.32. The molecule has 1 fully saturated rings. The van der Waals surface area contributed by atoms with Crippen LogP contribution in [0.1, 0.15) is 39.3 Å². The van der Waals surface area contributed by atoms with E-state index in [2.05, 4.69) is 27.3 Å². The van der Waals surface area contributed by atoms with Crippen molar-refractivity contribution in [2.75, 3.05) is 19.6 Å². The highest BCUT2D eigenvalue weighted by molar-refractivity contribution is 7.13. The fourth-order valence-electron chi connectivity index (χ4n) is 2.99. The van der Waals surface area contributed by atoms with Crippen LogP contribution in [-0.4, -0.2) is 40.6 Å². The Morgan fingerprint density at radius 1 is 1.35 bits per heavy atom. The van der Waals surface area contributed by atoms with Crippen LogP contribution in [-0.2, 0) is 13.1 Å². The smallest absolute Gasteiger partial charge is 0.282 e. The molecule has 1 amide bonds. The summed E-state index contributed by atoms with van der Waals surface area (Å²) < 4.78 is 0. The van der Waals surface area contributed by atoms with Gasteiger partial charge in [0, 0.05) is 13.1 Å². The van der Waals surface area contributed by atoms with Crippen molar-refractivity contribution in [1.29, 1.82) is 0 Å². The Bertz CT molecular complexity index is 735. The SMILES string of the molecule is Cc1ccc(CNC(=O)c2nnc(CN3CCC(C)(CN)C3)s2)cc1.Cl. The standard InChI is InChI=1S/C18H25N5OS.ClH/c1-13-3-5-14(6-4-13)9-20-16(24)17-22-21-15(25-17)10-23-8-7-18(2,11-19)12-23;/h3-6H,7-12,19H2,1-2H3,(H,20,24);1H. The fraction of sp³-hybridized carbons (Fsp3) is 0.500. The second-order valence-corrected chi connectivity index (χ2v) is 8.21. The fourth-order valence-corrected chi connectivity index (χ4v) is 3.79. The summed E-state index contributed by atoms with van der Waals surface area (Å²) in [6.07, 6.45) is 1.10. The molecule has 8 heteroatoms. The number of carbonyl (C=O) groups is 1. The molecule has 6 nitrogen and oxygen atoms in total. The molecule has 1 aromatic carbocycles. The Labute approximate surface area is 164 Å². The molecule has 0 aliphatic carbocycles. The van der Waals surface area contributed by atoms with E-state index in [1.807, 2.05) is 31.2 Å². The molecular formula is C18H26ClN5OS. The van der Waals surface area contributed by atoms with Gasteiger partial charge in [-0.1, -0.05) is 48.1 Å². The van der Waals surface area contributed by atoms with Gasteiger partial charge in [0.2, 0.25) is 5.01 Å². The molecule has 0 bridgehead atoms. The third-order valence-electron chi connectivity index (χ3n) is 4.72. The van der Waals surface area contributed by atoms with Gasteiger partial charge in [0.05, 0.1) is 6.54 Å². The molecule has 26 heavy (non-hydrogen) atoms. The van der Waals surface area contributed by atoms with Crippen LogP contribution in [0.4, 0.5) is 0 Å². The third-order valence-corrected chi connectivity index (χ3v) is 5.63. The van der Waals surface area contributed by atoms with Crippen LogP contribution < -0.4 is 11.1 Å². The van der Waals surface area contributed by atoms with Crippen molar-refractivity contribution < 1.29 is 4.79 Å². The number of nitrogens with zero attached hydrogens (tertiary/aromatic N) is 3. The van der Waals surface area contributed by atoms with Gasteiger partial charge in [0.15, 0.2) is 0 Å². The van der Waals surface area contributed by atoms with E-state index in [9.17, 15) is 4.79 Å². The maximum atomic E-state index is 12.3. The number of carbonyl (C=O) groups excluding carboxylic acids is 1. The molecule has 2 aromatic rings. The molecular weight excluding hydrogens is 370 g/mol. The van der Waals surface area contributed by atoms with E-state index in [1.54, 1.807) is 0 Å². The first kappa shape index (κ1) is 20.8. The molecule has 0 radical (unpaired) electrons. The monoisotopic (exact) mass is 395 g/mol. The summed E-state index contributed by atoms with van der Waals surface area (Å²) in [7, 11) is 0. The number of hydrogen-bond acceptors (Lipinski definition) is 6. The minimum Gasteiger partial charge on any atom is -0.346 e. The summed E-state index contributed by atoms with van der Waals surface area (Å²) in [6, 6.07) is 8.11. The van der Waals surface area contributed by atoms with Crippen LogP contribution in [0.5, 0.6) is 0 Å². The predicted molar refractivity (Wildman–Crippen MR) is 107 cm³/mol. The van der Waals surface area contributed by atoms with Crippen molar-refractivity contribution in [1.82, 2.24) is 20.4 Å². The maximum Gasteiger partial charge on any atom is 0.282 e. The van der Waals surface area contributed by atoms with Gasteiger partial charge in [0.1, 0.15) is 5.01 Å². The average molecular weight is 396 g/mol. The molecule has 1 aromatic heterocycles. The summed E-state index contributed by atoms with van der Waals surface area (Å²) in [5, 5.41) is 12.4. The minimum absolute atomic E-state index is 0. The summed E-state index contributed by atoms with van der Waals surface area (Å²) in [6.45, 7) is 8.18. The Hall–Kier alpha value is -1.54. The number of hydrogen-bond donors (Lipinski definition) is 2. The van der Waals surface area contributed by atoms with Crippen molar-refractivity contribution >= 4 is 29.7 Å². The van der Waals surface area contributed by atoms with E-state index in [0.29, 0.717) is 18.1 Å². The molecule has 1 aliphatic heterocycles. The largest absolute Gasteiger partial charge is 0.346 e. The van der Waals surface area contributed by atoms with Crippen molar-refractivity contribution in [2.45, 2.75) is 33.4 Å². The quantitative estimate of drug-likeness (QED) is 0.784. The topological polar surface area (TPSA) is 84.1 Å². The number of amides is 1. The van der Waals surface area contributed by atoms with E-state index in [-0.39, 0.29) is 23.7 Å². The van der Waals surface area contributed by atoms with Crippen molar-refractivity contribution in [3.8, 4) is 0 Å². The Morgan fingerprint density at radius 2 is 2.08 bits per heavy atom. The second-order valence-electron chi connectivity index (χ2n) is 7.14. The first-order chi connectivity index (χ1) is 12.0. The summed E-state index contributed by atoms with van der Waals surface area (Å²) in [4.78, 5) is 14.6. The average Bonchev–Trinajstić information content (AvgIpc) is 3.22. The zero-order valence-electron chi connectivity index (χ0n) is 15.2. The van der Waals surface area contributed by atoms with Gasteiger partial charge < -0.3 is 11.1 Å². The highest BCUT2D eigenvalue weighted by Gasteiger charge is 2.32. The molecule has 1 aliphatic rings. The number of halogens is 1. The summed E-state index contributed by atoms with van der Waals surface area (Å²) in [5.74, 6) is -0.169. The van der Waals surface area contributed by atoms with Crippen LogP contribution in [0, 0.1) is 12.3 Å². The molecule has 1 saturated heterocycles. The lowest BCUT2D eigenvalue weighted by molar-refractivity contribution is 0.0950. The van der Waals surface area contributed by atoms with Gasteiger partial charge in [-0.25, -0.2) is 0 Å². The Morgan fingerprint density at radius 3 is 2.73 bits per heavy atom. The number of likely N-dealkylation sites (tertiary alicyclic amines) is 1. The van der Waals surface area contributed by atoms with E-state index in [1.165, 1.54) is 16.9 Å². The lowest BCUT2D eigenvalue weighted by Crippen LogP contribution is -2.31. The highest BCUT2D eigenvalue weighted by Crippen LogP contribution is 2.29. The van der Waals surface area contributed by atoms with Gasteiger partial charge in [-0.05, 0) is 37.4 Å². The maximum absolute atomic E-state index is 12.3. The molecule has 1 atom stereocenters. The Kier molecular flexibility index (Phi) is 7.11. The van der Waals surface area contributed by atoms with Crippen LogP contribution >= 0.6 is 23.7 Å². The number of benzene rings is 1. The lowest BCUT2D eigenvalue weighted by Gasteiger charge is -2.21. The van der Waals surface area contributed by atoms with E-state index in [4.69, 9.17) is 5.73 Å². The van der Waals surface area contributed by atoms with Gasteiger partial charge >= 0.3 is 0 Å². The van der Waals surface area contributed by atoms with E-state index in [0.717, 1.165) is 36.6 Å². The predicted octanol–water partition coefficient (Wildman–Crippen LogP) is 2.37. The number of nitrogens with one attached hydrogen (secondary N) is 1. The molecule has 0 spiro atoms. The van der Waals surface area contributed by atoms with Gasteiger partial charge in [-0.3, -0.25) is 9.69 Å². The van der Waals surface area contributed by atoms with Crippen molar-refractivity contribution in [2.24, 2.45) is 11.1 Å². The first-order valence-electron chi connectivity index (χ1n) is 8.56. The van der Waals surface area contributed by atoms with Crippen LogP contribution in [0.15, 0.2) is 24.3 Å². The summed E-state index contributed by atoms with van der Waals surface area (Å²) >= 11 is 1.37. The third kappa shape index (κ3) is 5.23. The zero-order chi connectivity index (χ0) is 17.9. The number of rotatable bonds is 6. The van der Waals surface area contributed by atoms with E-state index < -0.39 is 0 Å². The molecule has 3 N–H and O–H groups in total. The van der Waals surface area contributed by atoms with Crippen LogP contribution in [0.3, 0.4) is 0 Å². The van der Waals surface area contributed by atoms with E-state index >= 15 is 0 Å². The van der Waals surface area contributed by atoms with Crippen molar-refractivity contribution in [3.63, 3.8) is 0 Å². The molecule has 142 valence electrons. The van der Waals surface area contributed by atoms with Crippen molar-refractivity contribution in [3.05, 3.63) is 45.4 Å². The highest BCUT2D eigenvalue weighted by atomic mass is 35.5.